The van der Waals surface area contributed by atoms with E-state index in [4.69, 9.17) is 5.11 Å². The number of hydrogen-bond acceptors (Lipinski definition) is 1. The van der Waals surface area contributed by atoms with Crippen molar-refractivity contribution in [1.29, 1.82) is 0 Å². The highest BCUT2D eigenvalue weighted by molar-refractivity contribution is 7.36. The van der Waals surface area contributed by atoms with Gasteiger partial charge in [0.15, 0.2) is 0 Å². The van der Waals surface area contributed by atoms with E-state index < -0.39 is 5.97 Å². The quantitative estimate of drug-likeness (QED) is 0.462. The maximum Gasteiger partial charge on any atom is 0.303 e. The second-order valence-electron chi connectivity index (χ2n) is 1.60. The molecule has 0 saturated carbocycles. The van der Waals surface area contributed by atoms with E-state index in [1.165, 1.54) is 0 Å². The molecule has 0 aromatic carbocycles. The van der Waals surface area contributed by atoms with Crippen LogP contribution in [-0.4, -0.2) is 23.9 Å². The van der Waals surface area contributed by atoms with Crippen LogP contribution >= 0.6 is 8.58 Å². The molecule has 48 valence electrons. The molecule has 0 aliphatic rings. The van der Waals surface area contributed by atoms with E-state index in [1.807, 2.05) is 0 Å². The smallest absolute Gasteiger partial charge is 0.303 e. The maximum atomic E-state index is 9.88. The van der Waals surface area contributed by atoms with E-state index in [0.29, 0.717) is 6.42 Å². The summed E-state index contributed by atoms with van der Waals surface area (Å²) in [6.07, 6.45) is 2.23. The monoisotopic (exact) mass is 134 g/mol. The van der Waals surface area contributed by atoms with Gasteiger partial charge >= 0.3 is 5.97 Å². The molecule has 0 spiro atoms. The zero-order chi connectivity index (χ0) is 6.41. The van der Waals surface area contributed by atoms with Gasteiger partial charge in [-0.15, -0.1) is 8.58 Å². The van der Waals surface area contributed by atoms with Crippen molar-refractivity contribution in [2.75, 3.05) is 12.8 Å². The van der Waals surface area contributed by atoms with Crippen molar-refractivity contribution in [2.24, 2.45) is 0 Å². The molecular formula is C5H11O2P. The molecule has 1 N–H and O–H groups in total. The van der Waals surface area contributed by atoms with Crippen molar-refractivity contribution >= 4 is 14.6 Å². The van der Waals surface area contributed by atoms with Gasteiger partial charge in [0.1, 0.15) is 0 Å². The van der Waals surface area contributed by atoms with Crippen LogP contribution in [0.1, 0.15) is 12.8 Å². The molecule has 0 rings (SSSR count). The molecule has 0 aliphatic heterocycles. The van der Waals surface area contributed by atoms with E-state index in [0.717, 1.165) is 21.2 Å². The summed E-state index contributed by atoms with van der Waals surface area (Å²) < 4.78 is 0. The molecule has 2 nitrogen and oxygen atoms in total. The first-order chi connectivity index (χ1) is 3.77. The van der Waals surface area contributed by atoms with Gasteiger partial charge in [0.25, 0.3) is 0 Å². The number of rotatable bonds is 4. The van der Waals surface area contributed by atoms with Gasteiger partial charge in [-0.05, 0) is 19.2 Å². The van der Waals surface area contributed by atoms with Crippen LogP contribution in [0.2, 0.25) is 0 Å². The third-order valence-electron chi connectivity index (χ3n) is 0.817. The molecule has 0 aromatic rings. The Hall–Kier alpha value is -0.100. The standard InChI is InChI=1S/C5H11O2P/c1-8-4-2-3-5(6)7/h8H,2-4H2,1H3,(H,6,7). The lowest BCUT2D eigenvalue weighted by molar-refractivity contribution is -0.137. The SMILES string of the molecule is CPCCCC(=O)O. The molecule has 3 heteroatoms. The fourth-order valence-electron chi connectivity index (χ4n) is 0.416. The number of carboxylic acid groups (broad SMARTS) is 1. The fourth-order valence-corrected chi connectivity index (χ4v) is 0.947. The van der Waals surface area contributed by atoms with Crippen molar-refractivity contribution < 1.29 is 9.90 Å². The Kier molecular flexibility index (Phi) is 4.98. The van der Waals surface area contributed by atoms with Crippen LogP contribution in [-0.2, 0) is 4.79 Å². The molecule has 0 aromatic heterocycles. The van der Waals surface area contributed by atoms with Crippen molar-refractivity contribution in [3.8, 4) is 0 Å². The van der Waals surface area contributed by atoms with Gasteiger partial charge in [-0.1, -0.05) is 0 Å². The second-order valence-corrected chi connectivity index (χ2v) is 2.81. The Morgan fingerprint density at radius 2 is 2.38 bits per heavy atom. The summed E-state index contributed by atoms with van der Waals surface area (Å²) in [4.78, 5) is 9.88. The summed E-state index contributed by atoms with van der Waals surface area (Å²) >= 11 is 0. The zero-order valence-electron chi connectivity index (χ0n) is 4.98. The van der Waals surface area contributed by atoms with Crippen LogP contribution in [0, 0.1) is 0 Å². The van der Waals surface area contributed by atoms with Gasteiger partial charge in [0.05, 0.1) is 0 Å². The van der Waals surface area contributed by atoms with Crippen LogP contribution in [0.25, 0.3) is 0 Å². The van der Waals surface area contributed by atoms with Crippen LogP contribution in [0.4, 0.5) is 0 Å². The van der Waals surface area contributed by atoms with Crippen LogP contribution in [0.5, 0.6) is 0 Å². The van der Waals surface area contributed by atoms with Crippen LogP contribution < -0.4 is 0 Å². The Morgan fingerprint density at radius 1 is 1.75 bits per heavy atom. The lowest BCUT2D eigenvalue weighted by Crippen LogP contribution is -1.93. The van der Waals surface area contributed by atoms with Gasteiger partial charge in [0.2, 0.25) is 0 Å². The first kappa shape index (κ1) is 7.90. The maximum absolute atomic E-state index is 9.88. The van der Waals surface area contributed by atoms with Gasteiger partial charge in [-0.3, -0.25) is 4.79 Å². The molecule has 0 saturated heterocycles. The molecule has 1 unspecified atom stereocenters. The zero-order valence-corrected chi connectivity index (χ0v) is 5.98. The second kappa shape index (κ2) is 5.04. The summed E-state index contributed by atoms with van der Waals surface area (Å²) in [5.41, 5.74) is 0. The minimum atomic E-state index is -0.678. The average Bonchev–Trinajstić information content (AvgIpc) is 1.66. The third-order valence-corrected chi connectivity index (χ3v) is 1.67. The van der Waals surface area contributed by atoms with E-state index in [9.17, 15) is 4.79 Å². The van der Waals surface area contributed by atoms with Gasteiger partial charge < -0.3 is 5.11 Å². The molecule has 0 aliphatic carbocycles. The predicted octanol–water partition coefficient (Wildman–Crippen LogP) is 1.16. The molecule has 8 heavy (non-hydrogen) atoms. The van der Waals surface area contributed by atoms with Crippen LogP contribution in [0.15, 0.2) is 0 Å². The average molecular weight is 134 g/mol. The van der Waals surface area contributed by atoms with E-state index in [2.05, 4.69) is 6.66 Å². The van der Waals surface area contributed by atoms with Crippen molar-refractivity contribution in [1.82, 2.24) is 0 Å². The Morgan fingerprint density at radius 3 is 2.75 bits per heavy atom. The predicted molar refractivity (Wildman–Crippen MR) is 36.0 cm³/mol. The molecule has 0 heterocycles. The van der Waals surface area contributed by atoms with Crippen molar-refractivity contribution in [3.63, 3.8) is 0 Å². The number of hydrogen-bond donors (Lipinski definition) is 1. The number of aliphatic carboxylic acids is 1. The molecule has 0 amide bonds. The highest BCUT2D eigenvalue weighted by Crippen LogP contribution is 2.05. The lowest BCUT2D eigenvalue weighted by Gasteiger charge is -1.90. The van der Waals surface area contributed by atoms with Crippen molar-refractivity contribution in [3.05, 3.63) is 0 Å². The Balaban J connectivity index is 2.82. The molecule has 0 bridgehead atoms. The molecule has 0 fully saturated rings. The van der Waals surface area contributed by atoms with Crippen LogP contribution in [0.3, 0.4) is 0 Å². The highest BCUT2D eigenvalue weighted by atomic mass is 31.1. The highest BCUT2D eigenvalue weighted by Gasteiger charge is 1.92. The molecule has 0 radical (unpaired) electrons. The summed E-state index contributed by atoms with van der Waals surface area (Å²) in [5.74, 6) is -0.678. The lowest BCUT2D eigenvalue weighted by atomic mass is 10.3. The third kappa shape index (κ3) is 5.90. The van der Waals surface area contributed by atoms with Crippen molar-refractivity contribution in [2.45, 2.75) is 12.8 Å². The topological polar surface area (TPSA) is 37.3 Å². The van der Waals surface area contributed by atoms with E-state index in [-0.39, 0.29) is 0 Å². The normalized spacial score (nSPS) is 10.6. The first-order valence-corrected chi connectivity index (χ1v) is 4.34. The Labute approximate surface area is 51.1 Å². The minimum absolute atomic E-state index is 0.334. The van der Waals surface area contributed by atoms with Gasteiger partial charge in [0, 0.05) is 6.42 Å². The summed E-state index contributed by atoms with van der Waals surface area (Å²) in [5, 5.41) is 8.14. The summed E-state index contributed by atoms with van der Waals surface area (Å²) in [7, 11) is 0.894. The number of carbonyl (C=O) groups is 1. The van der Waals surface area contributed by atoms with E-state index >= 15 is 0 Å². The van der Waals surface area contributed by atoms with Gasteiger partial charge in [-0.2, -0.15) is 0 Å². The number of carboxylic acids is 1. The van der Waals surface area contributed by atoms with Gasteiger partial charge in [-0.25, -0.2) is 0 Å². The molecule has 1 atom stereocenters. The summed E-state index contributed by atoms with van der Waals surface area (Å²) in [6, 6.07) is 0. The van der Waals surface area contributed by atoms with E-state index in [1.54, 1.807) is 0 Å². The minimum Gasteiger partial charge on any atom is -0.481 e. The fraction of sp³-hybridized carbons (Fsp3) is 0.800. The largest absolute Gasteiger partial charge is 0.481 e. The Bertz CT molecular complexity index is 72.8. The first-order valence-electron chi connectivity index (χ1n) is 2.63. The molecular weight excluding hydrogens is 123 g/mol. The summed E-state index contributed by atoms with van der Waals surface area (Å²) in [6.45, 7) is 2.09.